The summed E-state index contributed by atoms with van der Waals surface area (Å²) in [5.41, 5.74) is 5.25. The zero-order chi connectivity index (χ0) is 19.2. The second kappa shape index (κ2) is 8.85. The van der Waals surface area contributed by atoms with Crippen LogP contribution >= 0.6 is 0 Å². The third-order valence-electron chi connectivity index (χ3n) is 5.43. The van der Waals surface area contributed by atoms with Crippen LogP contribution in [0.4, 0.5) is 0 Å². The van der Waals surface area contributed by atoms with Gasteiger partial charge in [0.05, 0.1) is 6.54 Å². The Balaban J connectivity index is 1.32. The van der Waals surface area contributed by atoms with Gasteiger partial charge in [-0.2, -0.15) is 0 Å². The monoisotopic (exact) mass is 370 g/mol. The molecule has 3 aromatic carbocycles. The normalized spacial score (nSPS) is 13.5. The fraction of sp³-hybridized carbons (Fsp3) is 0.240. The van der Waals surface area contributed by atoms with Crippen molar-refractivity contribution in [2.24, 2.45) is 0 Å². The first-order valence-corrected chi connectivity index (χ1v) is 9.95. The molecule has 1 amide bonds. The van der Waals surface area contributed by atoms with E-state index in [-0.39, 0.29) is 5.91 Å². The molecule has 0 saturated carbocycles. The van der Waals surface area contributed by atoms with Gasteiger partial charge in [-0.25, -0.2) is 0 Å². The van der Waals surface area contributed by atoms with E-state index in [9.17, 15) is 4.79 Å². The molecule has 0 saturated heterocycles. The molecule has 0 aromatic heterocycles. The molecule has 0 unspecified atom stereocenters. The third-order valence-corrected chi connectivity index (χ3v) is 5.43. The number of rotatable bonds is 7. The van der Waals surface area contributed by atoms with E-state index in [1.807, 2.05) is 12.1 Å². The molecule has 0 radical (unpaired) electrons. The summed E-state index contributed by atoms with van der Waals surface area (Å²) in [5, 5.41) is 3.13. The molecule has 1 heterocycles. The van der Waals surface area contributed by atoms with Crippen LogP contribution in [0.25, 0.3) is 0 Å². The van der Waals surface area contributed by atoms with Crippen molar-refractivity contribution >= 4 is 5.91 Å². The summed E-state index contributed by atoms with van der Waals surface area (Å²) < 4.78 is 0. The van der Waals surface area contributed by atoms with E-state index in [1.54, 1.807) is 0 Å². The average Bonchev–Trinajstić information content (AvgIpc) is 3.14. The highest BCUT2D eigenvalue weighted by molar-refractivity contribution is 5.78. The van der Waals surface area contributed by atoms with Crippen molar-refractivity contribution in [3.05, 3.63) is 107 Å². The SMILES string of the molecule is O=C(CN1Cc2ccccc2C1)NCCC(c1ccccc1)c1ccccc1. The quantitative estimate of drug-likeness (QED) is 0.671. The molecule has 0 atom stereocenters. The molecule has 142 valence electrons. The minimum absolute atomic E-state index is 0.104. The Morgan fingerprint density at radius 3 is 1.82 bits per heavy atom. The Bertz CT molecular complexity index is 844. The fourth-order valence-electron chi connectivity index (χ4n) is 4.03. The van der Waals surface area contributed by atoms with Crippen molar-refractivity contribution in [1.29, 1.82) is 0 Å². The number of nitrogens with one attached hydrogen (secondary N) is 1. The maximum Gasteiger partial charge on any atom is 0.234 e. The Hall–Kier alpha value is -2.91. The molecule has 0 aliphatic carbocycles. The summed E-state index contributed by atoms with van der Waals surface area (Å²) >= 11 is 0. The summed E-state index contributed by atoms with van der Waals surface area (Å²) in [6, 6.07) is 29.5. The maximum absolute atomic E-state index is 12.5. The molecule has 0 spiro atoms. The smallest absolute Gasteiger partial charge is 0.234 e. The molecular weight excluding hydrogens is 344 g/mol. The Morgan fingerprint density at radius 2 is 1.29 bits per heavy atom. The zero-order valence-corrected chi connectivity index (χ0v) is 16.1. The summed E-state index contributed by atoms with van der Waals surface area (Å²) in [5.74, 6) is 0.395. The van der Waals surface area contributed by atoms with E-state index >= 15 is 0 Å². The van der Waals surface area contributed by atoms with E-state index in [4.69, 9.17) is 0 Å². The number of hydrogen-bond acceptors (Lipinski definition) is 2. The predicted octanol–water partition coefficient (Wildman–Crippen LogP) is 4.34. The topological polar surface area (TPSA) is 32.3 Å². The summed E-state index contributed by atoms with van der Waals surface area (Å²) in [4.78, 5) is 14.7. The van der Waals surface area contributed by atoms with Crippen molar-refractivity contribution in [2.75, 3.05) is 13.1 Å². The van der Waals surface area contributed by atoms with Gasteiger partial charge >= 0.3 is 0 Å². The standard InChI is InChI=1S/C25H26N2O/c28-25(19-27-17-22-13-7-8-14-23(22)18-27)26-16-15-24(20-9-3-1-4-10-20)21-11-5-2-6-12-21/h1-14,24H,15-19H2,(H,26,28). The van der Waals surface area contributed by atoms with E-state index in [0.29, 0.717) is 19.0 Å². The number of carbonyl (C=O) groups is 1. The molecule has 0 fully saturated rings. The van der Waals surface area contributed by atoms with Crippen molar-refractivity contribution in [1.82, 2.24) is 10.2 Å². The number of hydrogen-bond donors (Lipinski definition) is 1. The van der Waals surface area contributed by atoms with Gasteiger partial charge in [0.2, 0.25) is 5.91 Å². The third kappa shape index (κ3) is 4.49. The van der Waals surface area contributed by atoms with Gasteiger partial charge in [0, 0.05) is 25.6 Å². The van der Waals surface area contributed by atoms with Crippen LogP contribution in [-0.2, 0) is 17.9 Å². The molecule has 4 rings (SSSR count). The lowest BCUT2D eigenvalue weighted by Crippen LogP contribution is -2.35. The Kier molecular flexibility index (Phi) is 5.83. The van der Waals surface area contributed by atoms with Crippen molar-refractivity contribution in [2.45, 2.75) is 25.4 Å². The van der Waals surface area contributed by atoms with Gasteiger partial charge in [0.25, 0.3) is 0 Å². The minimum Gasteiger partial charge on any atom is -0.355 e. The average molecular weight is 370 g/mol. The number of carbonyl (C=O) groups excluding carboxylic acids is 1. The largest absolute Gasteiger partial charge is 0.355 e. The second-order valence-corrected chi connectivity index (χ2v) is 7.43. The highest BCUT2D eigenvalue weighted by Gasteiger charge is 2.20. The first kappa shape index (κ1) is 18.5. The van der Waals surface area contributed by atoms with Gasteiger partial charge in [-0.05, 0) is 28.7 Å². The van der Waals surface area contributed by atoms with Crippen LogP contribution in [-0.4, -0.2) is 23.9 Å². The van der Waals surface area contributed by atoms with Crippen LogP contribution in [0.15, 0.2) is 84.9 Å². The molecule has 3 aromatic rings. The lowest BCUT2D eigenvalue weighted by atomic mass is 9.88. The van der Waals surface area contributed by atoms with Crippen LogP contribution in [0, 0.1) is 0 Å². The number of nitrogens with zero attached hydrogens (tertiary/aromatic N) is 1. The lowest BCUT2D eigenvalue weighted by molar-refractivity contribution is -0.122. The molecule has 1 aliphatic rings. The molecule has 1 aliphatic heterocycles. The number of amides is 1. The molecule has 3 heteroatoms. The minimum atomic E-state index is 0.104. The first-order valence-electron chi connectivity index (χ1n) is 9.95. The molecule has 28 heavy (non-hydrogen) atoms. The van der Waals surface area contributed by atoms with Gasteiger partial charge in [-0.15, -0.1) is 0 Å². The predicted molar refractivity (Wildman–Crippen MR) is 113 cm³/mol. The Morgan fingerprint density at radius 1 is 0.786 bits per heavy atom. The highest BCUT2D eigenvalue weighted by atomic mass is 16.2. The molecule has 0 bridgehead atoms. The van der Waals surface area contributed by atoms with Gasteiger partial charge in [-0.3, -0.25) is 9.69 Å². The second-order valence-electron chi connectivity index (χ2n) is 7.43. The van der Waals surface area contributed by atoms with E-state index in [2.05, 4.69) is 83.0 Å². The molecular formula is C25H26N2O. The molecule has 1 N–H and O–H groups in total. The van der Waals surface area contributed by atoms with Gasteiger partial charge in [-0.1, -0.05) is 84.9 Å². The van der Waals surface area contributed by atoms with E-state index in [0.717, 1.165) is 19.5 Å². The van der Waals surface area contributed by atoms with Crippen LogP contribution < -0.4 is 5.32 Å². The van der Waals surface area contributed by atoms with Gasteiger partial charge < -0.3 is 5.32 Å². The summed E-state index contributed by atoms with van der Waals surface area (Å²) in [6.45, 7) is 2.85. The first-order chi connectivity index (χ1) is 13.8. The highest BCUT2D eigenvalue weighted by Crippen LogP contribution is 2.27. The zero-order valence-electron chi connectivity index (χ0n) is 16.1. The maximum atomic E-state index is 12.5. The number of benzene rings is 3. The number of fused-ring (bicyclic) bond motifs is 1. The summed E-state index contributed by atoms with van der Waals surface area (Å²) in [6.07, 6.45) is 0.889. The lowest BCUT2D eigenvalue weighted by Gasteiger charge is -2.19. The van der Waals surface area contributed by atoms with Crippen molar-refractivity contribution in [3.8, 4) is 0 Å². The van der Waals surface area contributed by atoms with Gasteiger partial charge in [0.1, 0.15) is 0 Å². The van der Waals surface area contributed by atoms with E-state index in [1.165, 1.54) is 22.3 Å². The van der Waals surface area contributed by atoms with Crippen molar-refractivity contribution in [3.63, 3.8) is 0 Å². The fourth-order valence-corrected chi connectivity index (χ4v) is 4.03. The van der Waals surface area contributed by atoms with Crippen LogP contribution in [0.1, 0.15) is 34.6 Å². The van der Waals surface area contributed by atoms with Crippen molar-refractivity contribution < 1.29 is 4.79 Å². The van der Waals surface area contributed by atoms with Gasteiger partial charge in [0.15, 0.2) is 0 Å². The Labute approximate surface area is 167 Å². The van der Waals surface area contributed by atoms with Crippen LogP contribution in [0.5, 0.6) is 0 Å². The van der Waals surface area contributed by atoms with E-state index < -0.39 is 0 Å². The van der Waals surface area contributed by atoms with Crippen LogP contribution in [0.2, 0.25) is 0 Å². The summed E-state index contributed by atoms with van der Waals surface area (Å²) in [7, 11) is 0. The van der Waals surface area contributed by atoms with Crippen LogP contribution in [0.3, 0.4) is 0 Å². The molecule has 3 nitrogen and oxygen atoms in total.